The minimum atomic E-state index is -0.935. The third-order valence-electron chi connectivity index (χ3n) is 5.60. The van der Waals surface area contributed by atoms with E-state index in [1.165, 1.54) is 0 Å². The maximum absolute atomic E-state index is 13.1. The fourth-order valence-corrected chi connectivity index (χ4v) is 4.39. The molecule has 0 aromatic carbocycles. The number of nitrogens with zero attached hydrogens (tertiary/aromatic N) is 1. The van der Waals surface area contributed by atoms with Crippen molar-refractivity contribution in [2.45, 2.75) is 89.9 Å². The van der Waals surface area contributed by atoms with Gasteiger partial charge in [-0.15, -0.1) is 0 Å². The molecule has 2 fully saturated rings. The quantitative estimate of drug-likeness (QED) is 0.636. The fraction of sp³-hybridized carbons (Fsp3) is 0.842. The number of carbonyl (C=O) groups excluding carboxylic acids is 2. The van der Waals surface area contributed by atoms with Crippen molar-refractivity contribution < 1.29 is 24.2 Å². The Labute approximate surface area is 155 Å². The molecule has 1 amide bonds. The van der Waals surface area contributed by atoms with Crippen LogP contribution in [0, 0.1) is 5.92 Å². The molecule has 5 atom stereocenters. The Morgan fingerprint density at radius 1 is 1.23 bits per heavy atom. The van der Waals surface area contributed by atoms with E-state index in [0.717, 1.165) is 32.1 Å². The smallest absolute Gasteiger partial charge is 0.326 e. The molecule has 1 aliphatic heterocycles. The fourth-order valence-electron chi connectivity index (χ4n) is 4.39. The third-order valence-corrected chi connectivity index (χ3v) is 5.60. The highest BCUT2D eigenvalue weighted by Crippen LogP contribution is 2.40. The summed E-state index contributed by atoms with van der Waals surface area (Å²) in [5.74, 6) is -1.24. The Morgan fingerprint density at radius 2 is 1.92 bits per heavy atom. The van der Waals surface area contributed by atoms with Crippen LogP contribution >= 0.6 is 0 Å². The first kappa shape index (κ1) is 20.7. The summed E-state index contributed by atoms with van der Waals surface area (Å²) in [5.41, 5.74) is 0. The summed E-state index contributed by atoms with van der Waals surface area (Å²) < 4.78 is 5.09. The standard InChI is InChI=1S/C19H32N2O5/c1-4-8-14(19(25)26-5-2)20-12(3)17(22)21-15-10-7-6-9-13(15)11-16(21)18(23)24/h12-16,20H,4-11H2,1-3H3,(H,23,24)/t12-,13?,14?,15?,16-/m0/s1. The summed E-state index contributed by atoms with van der Waals surface area (Å²) >= 11 is 0. The summed E-state index contributed by atoms with van der Waals surface area (Å²) in [4.78, 5) is 38.5. The second kappa shape index (κ2) is 9.35. The van der Waals surface area contributed by atoms with Gasteiger partial charge < -0.3 is 14.7 Å². The van der Waals surface area contributed by atoms with Gasteiger partial charge in [0.1, 0.15) is 12.1 Å². The Bertz CT molecular complexity index is 524. The molecule has 26 heavy (non-hydrogen) atoms. The van der Waals surface area contributed by atoms with E-state index in [-0.39, 0.29) is 23.8 Å². The van der Waals surface area contributed by atoms with Crippen molar-refractivity contribution in [1.82, 2.24) is 10.2 Å². The highest BCUT2D eigenvalue weighted by Gasteiger charge is 2.48. The SMILES string of the molecule is CCCC(N[C@@H](C)C(=O)N1C2CCCCC2C[C@H]1C(=O)O)C(=O)OCC. The van der Waals surface area contributed by atoms with Gasteiger partial charge in [0.2, 0.25) is 5.91 Å². The van der Waals surface area contributed by atoms with Crippen LogP contribution in [0.5, 0.6) is 0 Å². The van der Waals surface area contributed by atoms with Crippen LogP contribution in [0.4, 0.5) is 0 Å². The summed E-state index contributed by atoms with van der Waals surface area (Å²) in [7, 11) is 0. The first-order valence-electron chi connectivity index (χ1n) is 9.88. The monoisotopic (exact) mass is 368 g/mol. The van der Waals surface area contributed by atoms with Crippen molar-refractivity contribution in [2.75, 3.05) is 6.61 Å². The number of likely N-dealkylation sites (tertiary alicyclic amines) is 1. The molecule has 0 spiro atoms. The molecule has 0 bridgehead atoms. The lowest BCUT2D eigenvalue weighted by Crippen LogP contribution is -2.55. The van der Waals surface area contributed by atoms with E-state index in [9.17, 15) is 19.5 Å². The van der Waals surface area contributed by atoms with Gasteiger partial charge in [-0.3, -0.25) is 14.9 Å². The van der Waals surface area contributed by atoms with Gasteiger partial charge in [0.25, 0.3) is 0 Å². The summed E-state index contributed by atoms with van der Waals surface area (Å²) in [5, 5.41) is 12.7. The average molecular weight is 368 g/mol. The lowest BCUT2D eigenvalue weighted by molar-refractivity contribution is -0.152. The number of hydrogen-bond acceptors (Lipinski definition) is 5. The topological polar surface area (TPSA) is 95.9 Å². The van der Waals surface area contributed by atoms with Gasteiger partial charge in [0.15, 0.2) is 0 Å². The highest BCUT2D eigenvalue weighted by atomic mass is 16.5. The molecule has 7 nitrogen and oxygen atoms in total. The van der Waals surface area contributed by atoms with Crippen LogP contribution in [-0.2, 0) is 19.1 Å². The number of nitrogens with one attached hydrogen (secondary N) is 1. The molecular formula is C19H32N2O5. The van der Waals surface area contributed by atoms with Gasteiger partial charge in [-0.2, -0.15) is 0 Å². The van der Waals surface area contributed by atoms with E-state index in [1.54, 1.807) is 18.7 Å². The predicted molar refractivity (Wildman–Crippen MR) is 96.6 cm³/mol. The molecule has 7 heteroatoms. The second-order valence-corrected chi connectivity index (χ2v) is 7.43. The van der Waals surface area contributed by atoms with Crippen LogP contribution in [0.1, 0.15) is 65.7 Å². The van der Waals surface area contributed by atoms with Crippen LogP contribution in [0.15, 0.2) is 0 Å². The van der Waals surface area contributed by atoms with Gasteiger partial charge in [-0.05, 0) is 45.4 Å². The maximum Gasteiger partial charge on any atom is 0.326 e. The summed E-state index contributed by atoms with van der Waals surface area (Å²) in [6.45, 7) is 5.72. The second-order valence-electron chi connectivity index (χ2n) is 7.43. The Hall–Kier alpha value is -1.63. The minimum absolute atomic E-state index is 0.00817. The molecule has 0 aromatic heterocycles. The Morgan fingerprint density at radius 3 is 2.54 bits per heavy atom. The summed E-state index contributed by atoms with van der Waals surface area (Å²) in [6.07, 6.45) is 5.87. The van der Waals surface area contributed by atoms with Crippen LogP contribution in [-0.4, -0.2) is 58.6 Å². The van der Waals surface area contributed by atoms with Crippen molar-refractivity contribution in [3.8, 4) is 0 Å². The summed E-state index contributed by atoms with van der Waals surface area (Å²) in [6, 6.07) is -1.92. The van der Waals surface area contributed by atoms with E-state index in [1.807, 2.05) is 6.92 Å². The molecule has 2 rings (SSSR count). The molecule has 1 aliphatic carbocycles. The molecule has 1 saturated carbocycles. The van der Waals surface area contributed by atoms with Crippen molar-refractivity contribution in [2.24, 2.45) is 5.92 Å². The van der Waals surface area contributed by atoms with E-state index >= 15 is 0 Å². The van der Waals surface area contributed by atoms with Gasteiger partial charge in [0.05, 0.1) is 12.6 Å². The number of amides is 1. The Balaban J connectivity index is 2.10. The first-order chi connectivity index (χ1) is 12.4. The van der Waals surface area contributed by atoms with Crippen molar-refractivity contribution in [1.29, 1.82) is 0 Å². The third kappa shape index (κ3) is 4.55. The number of ether oxygens (including phenoxy) is 1. The lowest BCUT2D eigenvalue weighted by atomic mass is 9.84. The van der Waals surface area contributed by atoms with Crippen LogP contribution in [0.2, 0.25) is 0 Å². The number of aliphatic carboxylic acids is 1. The van der Waals surface area contributed by atoms with Crippen molar-refractivity contribution >= 4 is 17.8 Å². The number of carboxylic acids is 1. The molecular weight excluding hydrogens is 336 g/mol. The Kier molecular flexibility index (Phi) is 7.43. The van der Waals surface area contributed by atoms with E-state index in [0.29, 0.717) is 19.4 Å². The molecule has 0 radical (unpaired) electrons. The lowest BCUT2D eigenvalue weighted by Gasteiger charge is -2.35. The number of carbonyl (C=O) groups is 3. The predicted octanol–water partition coefficient (Wildman–Crippen LogP) is 1.94. The first-order valence-corrected chi connectivity index (χ1v) is 9.88. The van der Waals surface area contributed by atoms with Crippen LogP contribution in [0.3, 0.4) is 0 Å². The van der Waals surface area contributed by atoms with Crippen molar-refractivity contribution in [3.63, 3.8) is 0 Å². The zero-order valence-corrected chi connectivity index (χ0v) is 16.1. The minimum Gasteiger partial charge on any atom is -0.480 e. The molecule has 1 saturated heterocycles. The molecule has 0 aromatic rings. The number of esters is 1. The zero-order valence-electron chi connectivity index (χ0n) is 16.1. The van der Waals surface area contributed by atoms with Crippen LogP contribution in [0.25, 0.3) is 0 Å². The van der Waals surface area contributed by atoms with E-state index in [4.69, 9.17) is 4.74 Å². The maximum atomic E-state index is 13.1. The highest BCUT2D eigenvalue weighted by molar-refractivity contribution is 5.88. The molecule has 1 heterocycles. The van der Waals surface area contributed by atoms with E-state index < -0.39 is 24.1 Å². The van der Waals surface area contributed by atoms with Gasteiger partial charge in [0, 0.05) is 6.04 Å². The molecule has 2 aliphatic rings. The van der Waals surface area contributed by atoms with Crippen LogP contribution < -0.4 is 5.32 Å². The normalized spacial score (nSPS) is 27.5. The van der Waals surface area contributed by atoms with E-state index in [2.05, 4.69) is 5.32 Å². The number of carboxylic acid groups (broad SMARTS) is 1. The van der Waals surface area contributed by atoms with Gasteiger partial charge >= 0.3 is 11.9 Å². The van der Waals surface area contributed by atoms with Crippen molar-refractivity contribution in [3.05, 3.63) is 0 Å². The zero-order chi connectivity index (χ0) is 19.3. The largest absolute Gasteiger partial charge is 0.480 e. The molecule has 3 unspecified atom stereocenters. The van der Waals surface area contributed by atoms with Gasteiger partial charge in [-0.25, -0.2) is 4.79 Å². The average Bonchev–Trinajstić information content (AvgIpc) is 3.00. The molecule has 2 N–H and O–H groups in total. The van der Waals surface area contributed by atoms with Gasteiger partial charge in [-0.1, -0.05) is 26.2 Å². The number of rotatable bonds is 8. The number of hydrogen-bond donors (Lipinski definition) is 2. The number of fused-ring (bicyclic) bond motifs is 1. The molecule has 148 valence electrons.